The number of halogens is 1. The van der Waals surface area contributed by atoms with Gasteiger partial charge in [-0.1, -0.05) is 20.3 Å². The zero-order valence-electron chi connectivity index (χ0n) is 15.3. The number of aliphatic imine (C=N–C) groups is 1. The van der Waals surface area contributed by atoms with Crippen LogP contribution < -0.4 is 5.32 Å². The Morgan fingerprint density at radius 2 is 2.32 bits per heavy atom. The molecule has 1 aliphatic heterocycles. The van der Waals surface area contributed by atoms with Gasteiger partial charge in [0.2, 0.25) is 0 Å². The Morgan fingerprint density at radius 1 is 1.56 bits per heavy atom. The predicted octanol–water partition coefficient (Wildman–Crippen LogP) is 2.89. The first-order valence-corrected chi connectivity index (χ1v) is 8.60. The molecule has 0 spiro atoms. The van der Waals surface area contributed by atoms with Crippen molar-refractivity contribution in [3.05, 3.63) is 22.5 Å². The van der Waals surface area contributed by atoms with Crippen molar-refractivity contribution in [2.45, 2.75) is 46.1 Å². The minimum Gasteiger partial charge on any atom is -0.354 e. The third-order valence-electron chi connectivity index (χ3n) is 4.60. The molecule has 25 heavy (non-hydrogen) atoms. The molecule has 1 aromatic rings. The molecule has 1 saturated heterocycles. The Bertz CT molecular complexity index is 587. The van der Waals surface area contributed by atoms with Crippen LogP contribution in [0.15, 0.2) is 17.4 Å². The summed E-state index contributed by atoms with van der Waals surface area (Å²) >= 11 is 0. The fraction of sp³-hybridized carbons (Fsp3) is 0.750. The summed E-state index contributed by atoms with van der Waals surface area (Å²) in [5.41, 5.74) is 0.374. The molecule has 2 heterocycles. The fourth-order valence-corrected chi connectivity index (χ4v) is 3.49. The van der Waals surface area contributed by atoms with Crippen LogP contribution >= 0.6 is 24.0 Å². The van der Waals surface area contributed by atoms with Gasteiger partial charge in [-0.25, -0.2) is 0 Å². The summed E-state index contributed by atoms with van der Waals surface area (Å²) in [6.07, 6.45) is 7.61. The lowest BCUT2D eigenvalue weighted by atomic mass is 9.78. The van der Waals surface area contributed by atoms with Crippen LogP contribution in [0.3, 0.4) is 0 Å². The summed E-state index contributed by atoms with van der Waals surface area (Å²) in [4.78, 5) is 17.0. The smallest absolute Gasteiger partial charge is 0.306 e. The Morgan fingerprint density at radius 3 is 2.92 bits per heavy atom. The molecule has 1 unspecified atom stereocenters. The number of likely N-dealkylation sites (tertiary alicyclic amines) is 1. The predicted molar refractivity (Wildman–Crippen MR) is 109 cm³/mol. The van der Waals surface area contributed by atoms with E-state index in [2.05, 4.69) is 34.2 Å². The van der Waals surface area contributed by atoms with Crippen molar-refractivity contribution < 1.29 is 4.92 Å². The molecule has 0 aliphatic carbocycles. The lowest BCUT2D eigenvalue weighted by Gasteiger charge is -2.42. The fourth-order valence-electron chi connectivity index (χ4n) is 3.49. The van der Waals surface area contributed by atoms with Crippen LogP contribution in [-0.2, 0) is 6.54 Å². The normalized spacial score (nSPS) is 20.9. The molecule has 9 heteroatoms. The maximum Gasteiger partial charge on any atom is 0.306 e. The second-order valence-electron chi connectivity index (χ2n) is 6.78. The number of hydrogen-bond acceptors (Lipinski definition) is 4. The molecule has 0 radical (unpaired) electrons. The van der Waals surface area contributed by atoms with E-state index in [1.807, 2.05) is 0 Å². The average molecular weight is 464 g/mol. The van der Waals surface area contributed by atoms with Crippen molar-refractivity contribution in [2.75, 3.05) is 26.7 Å². The van der Waals surface area contributed by atoms with E-state index in [0.29, 0.717) is 18.5 Å². The Labute approximate surface area is 166 Å². The first-order chi connectivity index (χ1) is 11.5. The SMILES string of the molecule is CCCC1(C)CCCN(C(=NC)NCCn2cc([N+](=O)[O-])cn2)C1.I. The number of nitrogens with zero attached hydrogens (tertiary/aromatic N) is 5. The third kappa shape index (κ3) is 6.12. The van der Waals surface area contributed by atoms with E-state index >= 15 is 0 Å². The minimum absolute atomic E-state index is 0. The lowest BCUT2D eigenvalue weighted by molar-refractivity contribution is -0.385. The van der Waals surface area contributed by atoms with Gasteiger partial charge in [0.25, 0.3) is 0 Å². The van der Waals surface area contributed by atoms with Crippen LogP contribution in [0.1, 0.15) is 39.5 Å². The number of aromatic nitrogens is 2. The van der Waals surface area contributed by atoms with Gasteiger partial charge in [0, 0.05) is 26.7 Å². The Hall–Kier alpha value is -1.39. The monoisotopic (exact) mass is 464 g/mol. The van der Waals surface area contributed by atoms with Gasteiger partial charge in [-0.3, -0.25) is 19.8 Å². The molecule has 2 rings (SSSR count). The maximum atomic E-state index is 10.7. The van der Waals surface area contributed by atoms with Crippen molar-refractivity contribution in [1.29, 1.82) is 0 Å². The summed E-state index contributed by atoms with van der Waals surface area (Å²) in [6.45, 7) is 7.83. The Kier molecular flexibility index (Phi) is 8.60. The van der Waals surface area contributed by atoms with Crippen LogP contribution in [0.5, 0.6) is 0 Å². The highest BCUT2D eigenvalue weighted by molar-refractivity contribution is 14.0. The molecule has 142 valence electrons. The van der Waals surface area contributed by atoms with Gasteiger partial charge in [-0.05, 0) is 24.7 Å². The van der Waals surface area contributed by atoms with E-state index in [9.17, 15) is 10.1 Å². The quantitative estimate of drug-likeness (QED) is 0.230. The number of guanidine groups is 1. The number of nitrogens with one attached hydrogen (secondary N) is 1. The van der Waals surface area contributed by atoms with Crippen molar-refractivity contribution in [3.8, 4) is 0 Å². The highest BCUT2D eigenvalue weighted by Crippen LogP contribution is 2.33. The van der Waals surface area contributed by atoms with Gasteiger partial charge in [-0.2, -0.15) is 5.10 Å². The standard InChI is InChI=1S/C16H28N6O2.HI/c1-4-6-16(2)7-5-9-20(13-16)15(17-3)18-8-10-21-12-14(11-19-21)22(23)24;/h11-12H,4-10,13H2,1-3H3,(H,17,18);1H. The highest BCUT2D eigenvalue weighted by Gasteiger charge is 2.31. The van der Waals surface area contributed by atoms with Crippen molar-refractivity contribution in [1.82, 2.24) is 20.0 Å². The number of hydrogen-bond donors (Lipinski definition) is 1. The van der Waals surface area contributed by atoms with Gasteiger partial charge in [-0.15, -0.1) is 24.0 Å². The first kappa shape index (κ1) is 21.7. The largest absolute Gasteiger partial charge is 0.354 e. The molecule has 0 amide bonds. The molecule has 1 atom stereocenters. The van der Waals surface area contributed by atoms with Crippen LogP contribution in [0.2, 0.25) is 0 Å². The van der Waals surface area contributed by atoms with E-state index < -0.39 is 4.92 Å². The molecule has 0 aromatic carbocycles. The minimum atomic E-state index is -0.432. The van der Waals surface area contributed by atoms with E-state index in [1.54, 1.807) is 11.7 Å². The Balaban J connectivity index is 0.00000312. The molecular formula is C16H29IN6O2. The number of nitro groups is 1. The van der Waals surface area contributed by atoms with Crippen molar-refractivity contribution in [3.63, 3.8) is 0 Å². The van der Waals surface area contributed by atoms with Gasteiger partial charge in [0.05, 0.1) is 11.5 Å². The van der Waals surface area contributed by atoms with E-state index in [0.717, 1.165) is 19.0 Å². The molecule has 1 aromatic heterocycles. The van der Waals surface area contributed by atoms with Crippen LogP contribution in [0.25, 0.3) is 0 Å². The lowest BCUT2D eigenvalue weighted by Crippen LogP contribution is -2.50. The van der Waals surface area contributed by atoms with Crippen molar-refractivity contribution in [2.24, 2.45) is 10.4 Å². The van der Waals surface area contributed by atoms with Crippen molar-refractivity contribution >= 4 is 35.6 Å². The molecule has 8 nitrogen and oxygen atoms in total. The van der Waals surface area contributed by atoms with E-state index in [4.69, 9.17) is 0 Å². The zero-order valence-corrected chi connectivity index (χ0v) is 17.6. The second-order valence-corrected chi connectivity index (χ2v) is 6.78. The molecule has 1 fully saturated rings. The summed E-state index contributed by atoms with van der Waals surface area (Å²) in [5.74, 6) is 0.902. The topological polar surface area (TPSA) is 88.6 Å². The van der Waals surface area contributed by atoms with E-state index in [1.165, 1.54) is 38.1 Å². The number of piperidine rings is 1. The molecular weight excluding hydrogens is 435 g/mol. The molecule has 0 saturated carbocycles. The van der Waals surface area contributed by atoms with E-state index in [-0.39, 0.29) is 29.7 Å². The first-order valence-electron chi connectivity index (χ1n) is 8.60. The molecule has 0 bridgehead atoms. The molecule has 1 N–H and O–H groups in total. The second kappa shape index (κ2) is 9.93. The molecule has 1 aliphatic rings. The average Bonchev–Trinajstić information content (AvgIpc) is 3.00. The van der Waals surface area contributed by atoms with Gasteiger partial charge >= 0.3 is 5.69 Å². The summed E-state index contributed by atoms with van der Waals surface area (Å²) < 4.78 is 1.58. The van der Waals surface area contributed by atoms with Gasteiger partial charge in [0.15, 0.2) is 5.96 Å². The number of rotatable bonds is 6. The van der Waals surface area contributed by atoms with Gasteiger partial charge < -0.3 is 10.2 Å². The zero-order chi connectivity index (χ0) is 17.6. The third-order valence-corrected chi connectivity index (χ3v) is 4.60. The maximum absolute atomic E-state index is 10.7. The highest BCUT2D eigenvalue weighted by atomic mass is 127. The van der Waals surface area contributed by atoms with Crippen LogP contribution in [0.4, 0.5) is 5.69 Å². The van der Waals surface area contributed by atoms with Crippen LogP contribution in [0, 0.1) is 15.5 Å². The van der Waals surface area contributed by atoms with Gasteiger partial charge in [0.1, 0.15) is 12.4 Å². The summed E-state index contributed by atoms with van der Waals surface area (Å²) in [5, 5.41) is 18.0. The summed E-state index contributed by atoms with van der Waals surface area (Å²) in [6, 6.07) is 0. The van der Waals surface area contributed by atoms with Crippen LogP contribution in [-0.4, -0.2) is 52.2 Å². The summed E-state index contributed by atoms with van der Waals surface area (Å²) in [7, 11) is 1.80.